The molecule has 0 spiro atoms. The van der Waals surface area contributed by atoms with Crippen LogP contribution < -0.4 is 0 Å². The van der Waals surface area contributed by atoms with Crippen LogP contribution in [0.2, 0.25) is 0 Å². The van der Waals surface area contributed by atoms with Crippen molar-refractivity contribution in [3.8, 4) is 0 Å². The van der Waals surface area contributed by atoms with Crippen LogP contribution >= 0.6 is 0 Å². The molecule has 0 aliphatic carbocycles. The van der Waals surface area contributed by atoms with Crippen molar-refractivity contribution < 1.29 is 14.3 Å². The summed E-state index contributed by atoms with van der Waals surface area (Å²) in [6.07, 6.45) is 4.16. The number of amides is 1. The van der Waals surface area contributed by atoms with E-state index in [1.54, 1.807) is 19.4 Å². The second-order valence-electron chi connectivity index (χ2n) is 5.68. The van der Waals surface area contributed by atoms with Crippen LogP contribution in [0.3, 0.4) is 0 Å². The number of carbonyl (C=O) groups is 1. The predicted molar refractivity (Wildman–Crippen MR) is 79.5 cm³/mol. The summed E-state index contributed by atoms with van der Waals surface area (Å²) in [5.74, 6) is 0.0191. The Labute approximate surface area is 130 Å². The van der Waals surface area contributed by atoms with E-state index >= 15 is 0 Å². The van der Waals surface area contributed by atoms with Gasteiger partial charge in [0.1, 0.15) is 0 Å². The largest absolute Gasteiger partial charge is 0.383 e. The molecule has 0 saturated carbocycles. The Hall–Kier alpha value is -1.57. The second-order valence-corrected chi connectivity index (χ2v) is 5.68. The van der Waals surface area contributed by atoms with Gasteiger partial charge in [-0.1, -0.05) is 0 Å². The van der Waals surface area contributed by atoms with Gasteiger partial charge in [-0.25, -0.2) is 0 Å². The molecule has 0 unspecified atom stereocenters. The fraction of sp³-hybridized carbons (Fsp3) is 0.667. The lowest BCUT2D eigenvalue weighted by Crippen LogP contribution is -2.61. The van der Waals surface area contributed by atoms with Crippen molar-refractivity contribution >= 4 is 5.91 Å². The lowest BCUT2D eigenvalue weighted by Gasteiger charge is -2.47. The highest BCUT2D eigenvalue weighted by Gasteiger charge is 2.38. The third-order valence-corrected chi connectivity index (χ3v) is 4.40. The molecule has 0 radical (unpaired) electrons. The molecule has 2 aliphatic rings. The number of methoxy groups -OCH3 is 1. The number of hydrogen-bond acceptors (Lipinski definition) is 6. The zero-order valence-electron chi connectivity index (χ0n) is 12.9. The number of rotatable bonds is 4. The summed E-state index contributed by atoms with van der Waals surface area (Å²) in [4.78, 5) is 16.8. The van der Waals surface area contributed by atoms with Crippen LogP contribution in [0.1, 0.15) is 16.8 Å². The van der Waals surface area contributed by atoms with Gasteiger partial charge >= 0.3 is 0 Å². The van der Waals surface area contributed by atoms with Crippen LogP contribution in [-0.2, 0) is 9.47 Å². The molecule has 0 aromatic carbocycles. The maximum absolute atomic E-state index is 12.6. The maximum atomic E-state index is 12.6. The summed E-state index contributed by atoms with van der Waals surface area (Å²) >= 11 is 0. The van der Waals surface area contributed by atoms with Crippen molar-refractivity contribution in [2.75, 3.05) is 46.5 Å². The maximum Gasteiger partial charge on any atom is 0.255 e. The van der Waals surface area contributed by atoms with Crippen LogP contribution in [0.15, 0.2) is 18.5 Å². The first-order valence-electron chi connectivity index (χ1n) is 7.70. The first-order valence-corrected chi connectivity index (χ1v) is 7.70. The van der Waals surface area contributed by atoms with Crippen molar-refractivity contribution in [1.82, 2.24) is 20.0 Å². The quantitative estimate of drug-likeness (QED) is 0.782. The van der Waals surface area contributed by atoms with E-state index in [2.05, 4.69) is 15.1 Å². The molecule has 1 amide bonds. The molecule has 7 nitrogen and oxygen atoms in total. The third kappa shape index (κ3) is 3.26. The number of likely N-dealkylation sites (tertiary alicyclic amines) is 1. The van der Waals surface area contributed by atoms with Gasteiger partial charge in [0.05, 0.1) is 43.3 Å². The number of ether oxygens (including phenoxy) is 2. The summed E-state index contributed by atoms with van der Waals surface area (Å²) < 4.78 is 11.1. The standard InChI is InChI=1S/C15H22N4O3/c1-21-8-6-18-7-9-22-14-3-5-19(11-13(14)18)15(20)12-2-4-16-17-10-12/h2,4,10,13-14H,3,5-9,11H2,1H3/t13-,14-/m0/s1. The topological polar surface area (TPSA) is 67.8 Å². The molecule has 1 aromatic heterocycles. The fourth-order valence-corrected chi connectivity index (χ4v) is 3.21. The highest BCUT2D eigenvalue weighted by Crippen LogP contribution is 2.24. The predicted octanol–water partition coefficient (Wildman–Crippen LogP) is 0.0383. The van der Waals surface area contributed by atoms with E-state index in [-0.39, 0.29) is 18.1 Å². The molecule has 22 heavy (non-hydrogen) atoms. The van der Waals surface area contributed by atoms with Gasteiger partial charge in [0.2, 0.25) is 0 Å². The molecule has 2 atom stereocenters. The van der Waals surface area contributed by atoms with Crippen LogP contribution in [0.5, 0.6) is 0 Å². The van der Waals surface area contributed by atoms with E-state index in [9.17, 15) is 4.79 Å². The Balaban J connectivity index is 1.68. The smallest absolute Gasteiger partial charge is 0.255 e. The Morgan fingerprint density at radius 3 is 3.14 bits per heavy atom. The molecule has 7 heteroatoms. The normalized spacial score (nSPS) is 25.8. The van der Waals surface area contributed by atoms with Crippen LogP contribution in [0, 0.1) is 0 Å². The van der Waals surface area contributed by atoms with E-state index < -0.39 is 0 Å². The minimum absolute atomic E-state index is 0.0191. The van der Waals surface area contributed by atoms with Gasteiger partial charge in [0.15, 0.2) is 0 Å². The van der Waals surface area contributed by atoms with Crippen molar-refractivity contribution in [2.24, 2.45) is 0 Å². The van der Waals surface area contributed by atoms with Crippen molar-refractivity contribution in [2.45, 2.75) is 18.6 Å². The van der Waals surface area contributed by atoms with Crippen molar-refractivity contribution in [1.29, 1.82) is 0 Å². The number of aromatic nitrogens is 2. The average Bonchev–Trinajstić information content (AvgIpc) is 2.59. The molecule has 2 fully saturated rings. The number of carbonyl (C=O) groups excluding carboxylic acids is 1. The summed E-state index contributed by atoms with van der Waals surface area (Å²) in [6.45, 7) is 4.64. The molecular weight excluding hydrogens is 284 g/mol. The van der Waals surface area contributed by atoms with Gasteiger partial charge in [-0.2, -0.15) is 10.2 Å². The van der Waals surface area contributed by atoms with Crippen LogP contribution in [0.4, 0.5) is 0 Å². The molecule has 0 bridgehead atoms. The molecule has 3 heterocycles. The minimum atomic E-state index is 0.0191. The molecule has 3 rings (SSSR count). The zero-order valence-corrected chi connectivity index (χ0v) is 12.9. The Kier molecular flexibility index (Phi) is 4.97. The summed E-state index contributed by atoms with van der Waals surface area (Å²) in [5, 5.41) is 7.51. The molecule has 2 saturated heterocycles. The molecule has 1 aromatic rings. The van der Waals surface area contributed by atoms with E-state index in [4.69, 9.17) is 9.47 Å². The summed E-state index contributed by atoms with van der Waals surface area (Å²) in [7, 11) is 1.71. The zero-order chi connectivity index (χ0) is 15.4. The highest BCUT2D eigenvalue weighted by atomic mass is 16.5. The Morgan fingerprint density at radius 2 is 2.36 bits per heavy atom. The van der Waals surface area contributed by atoms with Gasteiger partial charge in [-0.15, -0.1) is 0 Å². The van der Waals surface area contributed by atoms with Gasteiger partial charge in [0, 0.05) is 33.3 Å². The molecular formula is C15H22N4O3. The van der Waals surface area contributed by atoms with Crippen LogP contribution in [-0.4, -0.2) is 84.6 Å². The van der Waals surface area contributed by atoms with Gasteiger partial charge in [-0.05, 0) is 12.5 Å². The van der Waals surface area contributed by atoms with Gasteiger partial charge < -0.3 is 14.4 Å². The van der Waals surface area contributed by atoms with Crippen molar-refractivity contribution in [3.63, 3.8) is 0 Å². The summed E-state index contributed by atoms with van der Waals surface area (Å²) in [5.41, 5.74) is 0.591. The lowest BCUT2D eigenvalue weighted by molar-refractivity contribution is -0.101. The molecule has 0 N–H and O–H groups in total. The average molecular weight is 306 g/mol. The molecule has 2 aliphatic heterocycles. The number of hydrogen-bond donors (Lipinski definition) is 0. The van der Waals surface area contributed by atoms with Crippen LogP contribution in [0.25, 0.3) is 0 Å². The third-order valence-electron chi connectivity index (χ3n) is 4.40. The molecule has 120 valence electrons. The first-order chi connectivity index (χ1) is 10.8. The van der Waals surface area contributed by atoms with E-state index in [0.29, 0.717) is 18.7 Å². The number of nitrogens with zero attached hydrogens (tertiary/aromatic N) is 4. The van der Waals surface area contributed by atoms with Gasteiger partial charge in [0.25, 0.3) is 5.91 Å². The minimum Gasteiger partial charge on any atom is -0.383 e. The van der Waals surface area contributed by atoms with E-state index in [1.807, 2.05) is 4.90 Å². The number of morpholine rings is 1. The van der Waals surface area contributed by atoms with E-state index in [0.717, 1.165) is 32.7 Å². The van der Waals surface area contributed by atoms with Crippen molar-refractivity contribution in [3.05, 3.63) is 24.0 Å². The monoisotopic (exact) mass is 306 g/mol. The second kappa shape index (κ2) is 7.13. The number of piperidine rings is 1. The lowest BCUT2D eigenvalue weighted by atomic mass is 9.98. The van der Waals surface area contributed by atoms with E-state index in [1.165, 1.54) is 6.20 Å². The Bertz CT molecular complexity index is 499. The summed E-state index contributed by atoms with van der Waals surface area (Å²) in [6, 6.07) is 1.96. The first kappa shape index (κ1) is 15.3. The Morgan fingerprint density at radius 1 is 1.45 bits per heavy atom. The SMILES string of the molecule is COCCN1CCO[C@H]2CCN(C(=O)c3ccnnc3)C[C@@H]21. The van der Waals surface area contributed by atoms with Gasteiger partial charge in [-0.3, -0.25) is 9.69 Å². The fourth-order valence-electron chi connectivity index (χ4n) is 3.21. The number of fused-ring (bicyclic) bond motifs is 1. The highest BCUT2D eigenvalue weighted by molar-refractivity contribution is 5.93.